The van der Waals surface area contributed by atoms with Gasteiger partial charge in [0.05, 0.1) is 0 Å². The van der Waals surface area contributed by atoms with Crippen molar-refractivity contribution in [3.8, 4) is 0 Å². The van der Waals surface area contributed by atoms with E-state index < -0.39 is 0 Å². The third-order valence-corrected chi connectivity index (χ3v) is 2.92. The maximum Gasteiger partial charge on any atom is 0.186 e. The summed E-state index contributed by atoms with van der Waals surface area (Å²) in [6.45, 7) is 7.40. The Hall–Kier alpha value is -0.310. The van der Waals surface area contributed by atoms with E-state index in [1.54, 1.807) is 0 Å². The largest absolute Gasteiger partial charge is 0.299 e. The number of ketones is 1. The van der Waals surface area contributed by atoms with Crippen molar-refractivity contribution in [3.05, 3.63) is 0 Å². The van der Waals surface area contributed by atoms with E-state index in [2.05, 4.69) is 0 Å². The first-order valence-electron chi connectivity index (χ1n) is 4.67. The first-order valence-corrected chi connectivity index (χ1v) is 5.55. The summed E-state index contributed by atoms with van der Waals surface area (Å²) in [6.07, 6.45) is 1.40. The van der Waals surface area contributed by atoms with Crippen LogP contribution in [0.5, 0.6) is 0 Å². The lowest BCUT2D eigenvalue weighted by Crippen LogP contribution is -2.15. The Morgan fingerprint density at radius 2 is 1.85 bits per heavy atom. The van der Waals surface area contributed by atoms with Gasteiger partial charge in [-0.05, 0) is 6.42 Å². The van der Waals surface area contributed by atoms with Gasteiger partial charge in [-0.1, -0.05) is 32.5 Å². The second-order valence-corrected chi connectivity index (χ2v) is 5.02. The highest BCUT2D eigenvalue weighted by molar-refractivity contribution is 8.14. The number of thioether (sulfide) groups is 1. The zero-order valence-corrected chi connectivity index (χ0v) is 9.61. The standard InChI is InChI=1S/C10H18O2S/c1-5-7(2)10(12)6-8(3)13-9(4)11/h7-8H,5-6H2,1-4H3. The molecule has 76 valence electrons. The second kappa shape index (κ2) is 6.19. The highest BCUT2D eigenvalue weighted by Gasteiger charge is 2.15. The van der Waals surface area contributed by atoms with Gasteiger partial charge in [0.2, 0.25) is 0 Å². The first kappa shape index (κ1) is 12.7. The molecule has 0 aliphatic carbocycles. The number of rotatable bonds is 5. The van der Waals surface area contributed by atoms with E-state index in [1.165, 1.54) is 18.7 Å². The lowest BCUT2D eigenvalue weighted by atomic mass is 10.0. The summed E-state index contributed by atoms with van der Waals surface area (Å²) in [5.41, 5.74) is 0. The Kier molecular flexibility index (Phi) is 6.04. The summed E-state index contributed by atoms with van der Waals surface area (Å²) in [6, 6.07) is 0. The van der Waals surface area contributed by atoms with Crippen LogP contribution in [0.3, 0.4) is 0 Å². The zero-order valence-electron chi connectivity index (χ0n) is 8.79. The Morgan fingerprint density at radius 1 is 1.31 bits per heavy atom. The molecule has 3 heteroatoms. The Labute approximate surface area is 84.5 Å². The molecule has 0 fully saturated rings. The maximum absolute atomic E-state index is 11.4. The van der Waals surface area contributed by atoms with E-state index in [0.29, 0.717) is 6.42 Å². The molecule has 0 saturated heterocycles. The van der Waals surface area contributed by atoms with Gasteiger partial charge in [-0.2, -0.15) is 0 Å². The molecule has 0 rings (SSSR count). The van der Waals surface area contributed by atoms with E-state index in [0.717, 1.165) is 6.42 Å². The van der Waals surface area contributed by atoms with Gasteiger partial charge in [-0.25, -0.2) is 0 Å². The lowest BCUT2D eigenvalue weighted by molar-refractivity contribution is -0.122. The van der Waals surface area contributed by atoms with Crippen LogP contribution in [0.25, 0.3) is 0 Å². The molecule has 0 amide bonds. The fourth-order valence-corrected chi connectivity index (χ4v) is 1.85. The molecular weight excluding hydrogens is 184 g/mol. The van der Waals surface area contributed by atoms with Gasteiger partial charge in [-0.15, -0.1) is 0 Å². The number of carbonyl (C=O) groups excluding carboxylic acids is 2. The minimum Gasteiger partial charge on any atom is -0.299 e. The predicted octanol–water partition coefficient (Wildman–Crippen LogP) is 2.66. The monoisotopic (exact) mass is 202 g/mol. The lowest BCUT2D eigenvalue weighted by Gasteiger charge is -2.11. The third kappa shape index (κ3) is 5.86. The van der Waals surface area contributed by atoms with Gasteiger partial charge in [0.25, 0.3) is 0 Å². The third-order valence-electron chi connectivity index (χ3n) is 2.02. The van der Waals surface area contributed by atoms with Crippen LogP contribution in [0.15, 0.2) is 0 Å². The van der Waals surface area contributed by atoms with Crippen LogP contribution in [-0.4, -0.2) is 16.1 Å². The summed E-state index contributed by atoms with van der Waals surface area (Å²) in [5, 5.41) is 0.212. The molecule has 13 heavy (non-hydrogen) atoms. The minimum atomic E-state index is 0.0875. The fraction of sp³-hybridized carbons (Fsp3) is 0.800. The Balaban J connectivity index is 3.84. The normalized spacial score (nSPS) is 15.1. The summed E-state index contributed by atoms with van der Waals surface area (Å²) in [5.74, 6) is 0.402. The zero-order chi connectivity index (χ0) is 10.4. The molecule has 0 spiro atoms. The maximum atomic E-state index is 11.4. The number of Topliss-reactive ketones (excluding diaryl/α,β-unsaturated/α-hetero) is 1. The molecule has 0 heterocycles. The first-order chi connectivity index (χ1) is 5.97. The van der Waals surface area contributed by atoms with Gasteiger partial charge >= 0.3 is 0 Å². The van der Waals surface area contributed by atoms with Crippen molar-refractivity contribution in [2.75, 3.05) is 0 Å². The molecule has 2 nitrogen and oxygen atoms in total. The van der Waals surface area contributed by atoms with Gasteiger partial charge in [0.1, 0.15) is 5.78 Å². The van der Waals surface area contributed by atoms with Crippen LogP contribution in [0, 0.1) is 5.92 Å². The molecule has 2 unspecified atom stereocenters. The summed E-state index contributed by atoms with van der Waals surface area (Å²) >= 11 is 1.25. The Bertz CT molecular complexity index is 189. The van der Waals surface area contributed by atoms with Gasteiger partial charge in [0.15, 0.2) is 5.12 Å². The highest BCUT2D eigenvalue weighted by Crippen LogP contribution is 2.17. The van der Waals surface area contributed by atoms with Crippen LogP contribution >= 0.6 is 11.8 Å². The SMILES string of the molecule is CCC(C)C(=O)CC(C)SC(C)=O. The van der Waals surface area contributed by atoms with E-state index in [9.17, 15) is 9.59 Å². The smallest absolute Gasteiger partial charge is 0.186 e. The van der Waals surface area contributed by atoms with E-state index in [-0.39, 0.29) is 22.1 Å². The quantitative estimate of drug-likeness (QED) is 0.687. The van der Waals surface area contributed by atoms with Crippen molar-refractivity contribution >= 4 is 22.7 Å². The van der Waals surface area contributed by atoms with Crippen molar-refractivity contribution < 1.29 is 9.59 Å². The van der Waals surface area contributed by atoms with Crippen LogP contribution < -0.4 is 0 Å². The number of hydrogen-bond acceptors (Lipinski definition) is 3. The van der Waals surface area contributed by atoms with Crippen molar-refractivity contribution in [1.82, 2.24) is 0 Å². The van der Waals surface area contributed by atoms with Crippen molar-refractivity contribution in [2.24, 2.45) is 5.92 Å². The molecule has 0 aromatic carbocycles. The predicted molar refractivity (Wildman–Crippen MR) is 56.8 cm³/mol. The molecule has 0 radical (unpaired) electrons. The minimum absolute atomic E-state index is 0.0875. The van der Waals surface area contributed by atoms with Crippen LogP contribution in [0.1, 0.15) is 40.5 Å². The molecule has 0 N–H and O–H groups in total. The molecule has 2 atom stereocenters. The summed E-state index contributed by atoms with van der Waals surface area (Å²) in [7, 11) is 0. The average Bonchev–Trinajstić information content (AvgIpc) is 2.01. The van der Waals surface area contributed by atoms with Gasteiger partial charge in [-0.3, -0.25) is 9.59 Å². The molecule has 0 aromatic rings. The summed E-state index contributed by atoms with van der Waals surface area (Å²) < 4.78 is 0. The number of carbonyl (C=O) groups is 2. The van der Waals surface area contributed by atoms with Crippen LogP contribution in [0.2, 0.25) is 0 Å². The second-order valence-electron chi connectivity index (χ2n) is 3.40. The van der Waals surface area contributed by atoms with E-state index >= 15 is 0 Å². The van der Waals surface area contributed by atoms with Crippen molar-refractivity contribution in [3.63, 3.8) is 0 Å². The molecule has 0 saturated carbocycles. The molecule has 0 aromatic heterocycles. The molecule has 0 aliphatic rings. The summed E-state index contributed by atoms with van der Waals surface area (Å²) in [4.78, 5) is 22.2. The average molecular weight is 202 g/mol. The van der Waals surface area contributed by atoms with Gasteiger partial charge < -0.3 is 0 Å². The van der Waals surface area contributed by atoms with Crippen LogP contribution in [-0.2, 0) is 9.59 Å². The van der Waals surface area contributed by atoms with Crippen molar-refractivity contribution in [2.45, 2.75) is 45.8 Å². The van der Waals surface area contributed by atoms with Crippen LogP contribution in [0.4, 0.5) is 0 Å². The van der Waals surface area contributed by atoms with E-state index in [1.807, 2.05) is 20.8 Å². The molecular formula is C10H18O2S. The molecule has 0 aliphatic heterocycles. The van der Waals surface area contributed by atoms with Gasteiger partial charge in [0, 0.05) is 24.5 Å². The highest BCUT2D eigenvalue weighted by atomic mass is 32.2. The Morgan fingerprint density at radius 3 is 2.23 bits per heavy atom. The topological polar surface area (TPSA) is 34.1 Å². The van der Waals surface area contributed by atoms with Crippen molar-refractivity contribution in [1.29, 1.82) is 0 Å². The van der Waals surface area contributed by atoms with E-state index in [4.69, 9.17) is 0 Å². The molecule has 0 bridgehead atoms. The fourth-order valence-electron chi connectivity index (χ4n) is 1.04. The number of hydrogen-bond donors (Lipinski definition) is 0.